The minimum Gasteiger partial charge on any atom is -0.455 e. The van der Waals surface area contributed by atoms with Crippen molar-refractivity contribution in [3.63, 3.8) is 0 Å². The number of nitrogen functional groups attached to an aromatic ring is 1. The molecule has 0 spiro atoms. The topological polar surface area (TPSA) is 154 Å². The molecule has 0 saturated carbocycles. The fraction of sp³-hybridized carbons (Fsp3) is 0.654. The van der Waals surface area contributed by atoms with Gasteiger partial charge in [0.15, 0.2) is 18.0 Å². The van der Waals surface area contributed by atoms with Gasteiger partial charge >= 0.3 is 18.1 Å². The van der Waals surface area contributed by atoms with E-state index in [1.54, 1.807) is 37.4 Å². The average molecular weight is 533 g/mol. The third kappa shape index (κ3) is 5.54. The van der Waals surface area contributed by atoms with Crippen LogP contribution in [0.5, 0.6) is 0 Å². The van der Waals surface area contributed by atoms with E-state index in [4.69, 9.17) is 29.4 Å². The van der Waals surface area contributed by atoms with Crippen LogP contribution < -0.4 is 5.73 Å². The van der Waals surface area contributed by atoms with Gasteiger partial charge in [-0.2, -0.15) is 5.10 Å². The summed E-state index contributed by atoms with van der Waals surface area (Å²) >= 11 is 0. The molecule has 2 aliphatic heterocycles. The number of hydrogen-bond acceptors (Lipinski definition) is 11. The molecule has 208 valence electrons. The highest BCUT2D eigenvalue weighted by Crippen LogP contribution is 2.45. The van der Waals surface area contributed by atoms with Crippen LogP contribution in [0.2, 0.25) is 0 Å². The lowest BCUT2D eigenvalue weighted by Crippen LogP contribution is -2.45. The SMILES string of the molecule is CCC(CC)COC(=O)OC[C@H]1O[C@@](C)(c2ccc3c(N)ncnn23)[C@@H]2OC(=O)CC(C)(C)CC(=O)O[C@@H]21. The predicted octanol–water partition coefficient (Wildman–Crippen LogP) is 3.16. The van der Waals surface area contributed by atoms with Gasteiger partial charge in [0, 0.05) is 0 Å². The molecule has 4 rings (SSSR count). The maximum absolute atomic E-state index is 13.0. The second-order valence-electron chi connectivity index (χ2n) is 10.9. The van der Waals surface area contributed by atoms with E-state index in [0.717, 1.165) is 12.8 Å². The van der Waals surface area contributed by atoms with Crippen molar-refractivity contribution in [1.29, 1.82) is 0 Å². The average Bonchev–Trinajstić information content (AvgIpc) is 3.40. The van der Waals surface area contributed by atoms with E-state index >= 15 is 0 Å². The first-order valence-corrected chi connectivity index (χ1v) is 12.9. The summed E-state index contributed by atoms with van der Waals surface area (Å²) in [4.78, 5) is 42.3. The minimum atomic E-state index is -1.34. The summed E-state index contributed by atoms with van der Waals surface area (Å²) in [5.41, 5.74) is 5.04. The van der Waals surface area contributed by atoms with Gasteiger partial charge in [-0.05, 0) is 30.4 Å². The molecule has 4 atom stereocenters. The third-order valence-corrected chi connectivity index (χ3v) is 7.32. The normalized spacial score (nSPS) is 27.2. The van der Waals surface area contributed by atoms with E-state index in [0.29, 0.717) is 11.2 Å². The Kier molecular flexibility index (Phi) is 7.82. The number of nitrogens with zero attached hydrogens (tertiary/aromatic N) is 3. The smallest absolute Gasteiger partial charge is 0.455 e. The Morgan fingerprint density at radius 1 is 1.13 bits per heavy atom. The Hall–Kier alpha value is -3.41. The van der Waals surface area contributed by atoms with Crippen molar-refractivity contribution in [3.05, 3.63) is 24.2 Å². The Balaban J connectivity index is 1.65. The van der Waals surface area contributed by atoms with Crippen LogP contribution in [0.3, 0.4) is 0 Å². The summed E-state index contributed by atoms with van der Waals surface area (Å²) in [6.45, 7) is 9.29. The Morgan fingerprint density at radius 3 is 2.50 bits per heavy atom. The van der Waals surface area contributed by atoms with Crippen LogP contribution in [0, 0.1) is 11.3 Å². The van der Waals surface area contributed by atoms with Crippen molar-refractivity contribution < 1.29 is 38.1 Å². The molecule has 12 nitrogen and oxygen atoms in total. The van der Waals surface area contributed by atoms with Crippen molar-refractivity contribution in [2.45, 2.75) is 84.2 Å². The first-order chi connectivity index (χ1) is 18.0. The van der Waals surface area contributed by atoms with Gasteiger partial charge in [0.05, 0.1) is 25.1 Å². The van der Waals surface area contributed by atoms with E-state index in [1.807, 2.05) is 13.8 Å². The fourth-order valence-electron chi connectivity index (χ4n) is 5.06. The van der Waals surface area contributed by atoms with Crippen LogP contribution in [-0.4, -0.2) is 64.2 Å². The molecular weight excluding hydrogens is 496 g/mol. The van der Waals surface area contributed by atoms with E-state index in [2.05, 4.69) is 10.1 Å². The number of ether oxygens (including phenoxy) is 5. The molecule has 2 aromatic rings. The number of fused-ring (bicyclic) bond motifs is 2. The lowest BCUT2D eigenvalue weighted by atomic mass is 9.86. The number of carbonyl (C=O) groups excluding carboxylic acids is 3. The first-order valence-electron chi connectivity index (χ1n) is 12.9. The van der Waals surface area contributed by atoms with Crippen LogP contribution >= 0.6 is 0 Å². The van der Waals surface area contributed by atoms with Crippen LogP contribution in [0.15, 0.2) is 18.5 Å². The highest BCUT2D eigenvalue weighted by Gasteiger charge is 2.60. The fourth-order valence-corrected chi connectivity index (χ4v) is 5.06. The number of esters is 2. The van der Waals surface area contributed by atoms with Gasteiger partial charge in [-0.3, -0.25) is 9.59 Å². The number of nitrogens with two attached hydrogens (primary N) is 1. The zero-order valence-electron chi connectivity index (χ0n) is 22.5. The van der Waals surface area contributed by atoms with Crippen molar-refractivity contribution in [2.75, 3.05) is 18.9 Å². The minimum absolute atomic E-state index is 0.00485. The summed E-state index contributed by atoms with van der Waals surface area (Å²) in [5.74, 6) is -0.527. The number of aromatic nitrogens is 3. The van der Waals surface area contributed by atoms with Gasteiger partial charge in [-0.15, -0.1) is 0 Å². The van der Waals surface area contributed by atoms with Crippen LogP contribution in [0.4, 0.5) is 10.6 Å². The molecule has 0 radical (unpaired) electrons. The van der Waals surface area contributed by atoms with Crippen molar-refractivity contribution >= 4 is 29.4 Å². The molecule has 0 unspecified atom stereocenters. The van der Waals surface area contributed by atoms with Gasteiger partial charge in [-0.1, -0.05) is 40.5 Å². The van der Waals surface area contributed by atoms with Crippen LogP contribution in [0.1, 0.15) is 66.0 Å². The molecule has 12 heteroatoms. The largest absolute Gasteiger partial charge is 0.508 e. The molecule has 0 aliphatic carbocycles. The first kappa shape index (κ1) is 27.6. The standard InChI is InChI=1S/C26H36N4O8/c1-6-15(7-2)12-34-24(33)35-13-17-21-22(37-20(32)11-25(3,4)10-19(31)36-21)26(5,38-17)18-9-8-16-23(27)28-14-29-30(16)18/h8-9,14-15,17,21-22H,6-7,10-13H2,1-5H3,(H2,27,28,29)/t17-,21-,22-,26+/m1/s1. The molecule has 2 N–H and O–H groups in total. The van der Waals surface area contributed by atoms with E-state index in [-0.39, 0.29) is 37.8 Å². The number of carbonyl (C=O) groups is 3. The van der Waals surface area contributed by atoms with Crippen LogP contribution in [-0.2, 0) is 38.9 Å². The molecule has 2 saturated heterocycles. The maximum Gasteiger partial charge on any atom is 0.508 e. The van der Waals surface area contributed by atoms with Crippen molar-refractivity contribution in [3.8, 4) is 0 Å². The molecular formula is C26H36N4O8. The molecule has 38 heavy (non-hydrogen) atoms. The third-order valence-electron chi connectivity index (χ3n) is 7.32. The summed E-state index contributed by atoms with van der Waals surface area (Å²) < 4.78 is 30.4. The van der Waals surface area contributed by atoms with E-state index in [9.17, 15) is 14.4 Å². The van der Waals surface area contributed by atoms with Gasteiger partial charge in [0.1, 0.15) is 30.2 Å². The van der Waals surface area contributed by atoms with E-state index in [1.165, 1.54) is 6.33 Å². The summed E-state index contributed by atoms with van der Waals surface area (Å²) in [6, 6.07) is 3.45. The van der Waals surface area contributed by atoms with Gasteiger partial charge in [0.25, 0.3) is 0 Å². The molecule has 0 bridgehead atoms. The lowest BCUT2D eigenvalue weighted by molar-refractivity contribution is -0.168. The maximum atomic E-state index is 13.0. The number of hydrogen-bond donors (Lipinski definition) is 1. The summed E-state index contributed by atoms with van der Waals surface area (Å²) in [6.07, 6.45) is -0.864. The van der Waals surface area contributed by atoms with Crippen LogP contribution in [0.25, 0.3) is 5.52 Å². The molecule has 0 aromatic carbocycles. The molecule has 2 aliphatic rings. The molecule has 4 heterocycles. The Labute approximate surface area is 221 Å². The van der Waals surface area contributed by atoms with E-state index < -0.39 is 47.4 Å². The quantitative estimate of drug-likeness (QED) is 0.413. The van der Waals surface area contributed by atoms with Crippen molar-refractivity contribution in [1.82, 2.24) is 14.6 Å². The predicted molar refractivity (Wildman–Crippen MR) is 134 cm³/mol. The highest BCUT2D eigenvalue weighted by atomic mass is 16.7. The Bertz CT molecular complexity index is 1190. The number of rotatable bonds is 7. The molecule has 2 fully saturated rings. The zero-order chi connectivity index (χ0) is 27.7. The van der Waals surface area contributed by atoms with Gasteiger partial charge < -0.3 is 29.4 Å². The van der Waals surface area contributed by atoms with Crippen molar-refractivity contribution in [2.24, 2.45) is 11.3 Å². The van der Waals surface area contributed by atoms with Gasteiger partial charge in [0.2, 0.25) is 0 Å². The molecule has 2 aromatic heterocycles. The monoisotopic (exact) mass is 532 g/mol. The highest BCUT2D eigenvalue weighted by molar-refractivity contribution is 5.75. The zero-order valence-corrected chi connectivity index (χ0v) is 22.5. The molecule has 0 amide bonds. The number of anilines is 1. The lowest BCUT2D eigenvalue weighted by Gasteiger charge is -2.31. The summed E-state index contributed by atoms with van der Waals surface area (Å²) in [5, 5.41) is 4.30. The summed E-state index contributed by atoms with van der Waals surface area (Å²) in [7, 11) is 0. The second-order valence-corrected chi connectivity index (χ2v) is 10.9. The van der Waals surface area contributed by atoms with Gasteiger partial charge in [-0.25, -0.2) is 14.3 Å². The second kappa shape index (κ2) is 10.8. The Morgan fingerprint density at radius 2 is 1.82 bits per heavy atom.